The third-order valence-electron chi connectivity index (χ3n) is 3.04. The summed E-state index contributed by atoms with van der Waals surface area (Å²) >= 11 is 0. The van der Waals surface area contributed by atoms with Gasteiger partial charge in [0.25, 0.3) is 11.5 Å². The molecule has 0 aliphatic rings. The number of rotatable bonds is 3. The zero-order chi connectivity index (χ0) is 14.7. The molecule has 103 valence electrons. The lowest BCUT2D eigenvalue weighted by molar-refractivity contribution is 0.0940. The normalized spacial score (nSPS) is 10.5. The number of carbonyl (C=O) groups excluding carboxylic acids is 1. The second-order valence-corrected chi connectivity index (χ2v) is 4.50. The van der Waals surface area contributed by atoms with Gasteiger partial charge in [-0.2, -0.15) is 0 Å². The maximum Gasteiger partial charge on any atom is 0.287 e. The van der Waals surface area contributed by atoms with Crippen molar-refractivity contribution >= 4 is 16.8 Å². The van der Waals surface area contributed by atoms with Crippen molar-refractivity contribution in [3.63, 3.8) is 0 Å². The van der Waals surface area contributed by atoms with Gasteiger partial charge in [0.15, 0.2) is 5.82 Å². The number of hydrogen-bond acceptors (Lipinski definition) is 3. The summed E-state index contributed by atoms with van der Waals surface area (Å²) < 4.78 is 0. The van der Waals surface area contributed by atoms with Crippen molar-refractivity contribution in [1.29, 1.82) is 0 Å². The second kappa shape index (κ2) is 5.58. The van der Waals surface area contributed by atoms with E-state index in [4.69, 9.17) is 0 Å². The van der Waals surface area contributed by atoms with Crippen LogP contribution in [-0.2, 0) is 6.54 Å². The molecule has 5 nitrogen and oxygen atoms in total. The first kappa shape index (κ1) is 13.1. The number of amides is 1. The minimum atomic E-state index is -0.421. The van der Waals surface area contributed by atoms with E-state index in [1.54, 1.807) is 30.3 Å². The van der Waals surface area contributed by atoms with Gasteiger partial charge in [-0.05, 0) is 23.8 Å². The number of aromatic nitrogens is 2. The Bertz CT molecular complexity index is 841. The van der Waals surface area contributed by atoms with Gasteiger partial charge in [0.1, 0.15) is 0 Å². The third-order valence-corrected chi connectivity index (χ3v) is 3.04. The maximum atomic E-state index is 12.1. The van der Waals surface area contributed by atoms with Crippen molar-refractivity contribution in [3.8, 4) is 0 Å². The number of nitrogens with zero attached hydrogens (tertiary/aromatic N) is 1. The maximum absolute atomic E-state index is 12.1. The topological polar surface area (TPSA) is 74.8 Å². The summed E-state index contributed by atoms with van der Waals surface area (Å²) in [4.78, 5) is 30.6. The fourth-order valence-electron chi connectivity index (χ4n) is 1.99. The molecule has 0 saturated heterocycles. The molecule has 2 aromatic carbocycles. The molecule has 0 atom stereocenters. The van der Waals surface area contributed by atoms with E-state index >= 15 is 0 Å². The number of aromatic amines is 1. The highest BCUT2D eigenvalue weighted by Crippen LogP contribution is 2.05. The molecule has 5 heteroatoms. The Balaban J connectivity index is 1.83. The molecule has 0 bridgehead atoms. The number of para-hydroxylation sites is 1. The van der Waals surface area contributed by atoms with Crippen LogP contribution < -0.4 is 10.9 Å². The van der Waals surface area contributed by atoms with Gasteiger partial charge < -0.3 is 10.3 Å². The van der Waals surface area contributed by atoms with Crippen molar-refractivity contribution in [3.05, 3.63) is 76.3 Å². The molecule has 0 fully saturated rings. The van der Waals surface area contributed by atoms with E-state index in [9.17, 15) is 9.59 Å². The van der Waals surface area contributed by atoms with Crippen molar-refractivity contribution in [2.24, 2.45) is 0 Å². The second-order valence-electron chi connectivity index (χ2n) is 4.50. The molecule has 1 aromatic heterocycles. The predicted octanol–water partition coefficient (Wildman–Crippen LogP) is 1.65. The number of nitrogens with one attached hydrogen (secondary N) is 2. The summed E-state index contributed by atoms with van der Waals surface area (Å²) in [5, 5.41) is 3.17. The van der Waals surface area contributed by atoms with Gasteiger partial charge in [0, 0.05) is 6.54 Å². The predicted molar refractivity (Wildman–Crippen MR) is 78.8 cm³/mol. The highest BCUT2D eigenvalue weighted by molar-refractivity contribution is 5.92. The van der Waals surface area contributed by atoms with Crippen LogP contribution in [0.3, 0.4) is 0 Å². The first-order chi connectivity index (χ1) is 10.2. The molecular weight excluding hydrogens is 266 g/mol. The molecule has 0 aliphatic heterocycles. The summed E-state index contributed by atoms with van der Waals surface area (Å²) in [6, 6.07) is 17.3. The molecule has 21 heavy (non-hydrogen) atoms. The Morgan fingerprint density at radius 3 is 2.81 bits per heavy atom. The van der Waals surface area contributed by atoms with Crippen molar-refractivity contribution in [2.45, 2.75) is 6.54 Å². The van der Waals surface area contributed by atoms with Crippen LogP contribution in [0.25, 0.3) is 10.9 Å². The van der Waals surface area contributed by atoms with Crippen molar-refractivity contribution in [1.82, 2.24) is 15.3 Å². The SMILES string of the molecule is O=C(NCc1[c]cccc1)c1nc2ccccc2c(=O)[nH]1. The first-order valence-electron chi connectivity index (χ1n) is 6.47. The first-order valence-corrected chi connectivity index (χ1v) is 6.47. The lowest BCUT2D eigenvalue weighted by Gasteiger charge is -2.05. The van der Waals surface area contributed by atoms with E-state index < -0.39 is 5.91 Å². The van der Waals surface area contributed by atoms with Crippen LogP contribution >= 0.6 is 0 Å². The molecule has 2 N–H and O–H groups in total. The lowest BCUT2D eigenvalue weighted by Crippen LogP contribution is -2.27. The van der Waals surface area contributed by atoms with Crippen molar-refractivity contribution in [2.75, 3.05) is 0 Å². The van der Waals surface area contributed by atoms with E-state index in [0.717, 1.165) is 5.56 Å². The Morgan fingerprint density at radius 1 is 1.19 bits per heavy atom. The average molecular weight is 278 g/mol. The standard InChI is InChI=1S/C16H12N3O2/c20-15-12-8-4-5-9-13(12)18-14(19-15)16(21)17-10-11-6-2-1-3-7-11/h1-6,8-9H,10H2,(H,17,21)(H,18,19,20). The largest absolute Gasteiger partial charge is 0.345 e. The summed E-state index contributed by atoms with van der Waals surface area (Å²) in [6.45, 7) is 0.330. The molecule has 0 unspecified atom stereocenters. The molecular formula is C16H12N3O2. The Hall–Kier alpha value is -2.95. The number of H-pyrrole nitrogens is 1. The van der Waals surface area contributed by atoms with Gasteiger partial charge in [-0.15, -0.1) is 0 Å². The van der Waals surface area contributed by atoms with Crippen LogP contribution in [0, 0.1) is 6.07 Å². The summed E-state index contributed by atoms with van der Waals surface area (Å²) in [5.74, 6) is -0.412. The van der Waals surface area contributed by atoms with Gasteiger partial charge in [0.05, 0.1) is 10.9 Å². The Labute approximate surface area is 120 Å². The van der Waals surface area contributed by atoms with E-state index in [-0.39, 0.29) is 11.4 Å². The fourth-order valence-corrected chi connectivity index (χ4v) is 1.99. The Kier molecular flexibility index (Phi) is 3.47. The highest BCUT2D eigenvalue weighted by atomic mass is 16.2. The number of hydrogen-bond donors (Lipinski definition) is 2. The zero-order valence-corrected chi connectivity index (χ0v) is 11.1. The van der Waals surface area contributed by atoms with Crippen LogP contribution in [0.1, 0.15) is 16.2 Å². The fraction of sp³-hybridized carbons (Fsp3) is 0.0625. The monoisotopic (exact) mass is 278 g/mol. The number of fused-ring (bicyclic) bond motifs is 1. The van der Waals surface area contributed by atoms with E-state index in [2.05, 4.69) is 21.4 Å². The molecule has 1 radical (unpaired) electrons. The molecule has 3 aromatic rings. The minimum Gasteiger partial charge on any atom is -0.345 e. The summed E-state index contributed by atoms with van der Waals surface area (Å²) in [7, 11) is 0. The van der Waals surface area contributed by atoms with E-state index in [1.165, 1.54) is 0 Å². The summed E-state index contributed by atoms with van der Waals surface area (Å²) in [6.07, 6.45) is 0. The molecule has 1 heterocycles. The van der Waals surface area contributed by atoms with Crippen LogP contribution in [-0.4, -0.2) is 15.9 Å². The van der Waals surface area contributed by atoms with E-state index in [0.29, 0.717) is 17.4 Å². The van der Waals surface area contributed by atoms with Crippen LogP contribution in [0.5, 0.6) is 0 Å². The number of carbonyl (C=O) groups is 1. The van der Waals surface area contributed by atoms with Crippen LogP contribution in [0.2, 0.25) is 0 Å². The van der Waals surface area contributed by atoms with E-state index in [1.807, 2.05) is 18.2 Å². The summed E-state index contributed by atoms with van der Waals surface area (Å²) in [5.41, 5.74) is 1.03. The molecule has 3 rings (SSSR count). The van der Waals surface area contributed by atoms with Crippen LogP contribution in [0.4, 0.5) is 0 Å². The minimum absolute atomic E-state index is 0.00892. The third kappa shape index (κ3) is 2.81. The molecule has 1 amide bonds. The van der Waals surface area contributed by atoms with Crippen molar-refractivity contribution < 1.29 is 4.79 Å². The smallest absolute Gasteiger partial charge is 0.287 e. The highest BCUT2D eigenvalue weighted by Gasteiger charge is 2.10. The zero-order valence-electron chi connectivity index (χ0n) is 11.1. The average Bonchev–Trinajstić information content (AvgIpc) is 2.53. The van der Waals surface area contributed by atoms with Gasteiger partial charge in [-0.25, -0.2) is 4.98 Å². The Morgan fingerprint density at radius 2 is 2.00 bits per heavy atom. The van der Waals surface area contributed by atoms with Gasteiger partial charge >= 0.3 is 0 Å². The molecule has 0 saturated carbocycles. The van der Waals surface area contributed by atoms with Gasteiger partial charge in [0.2, 0.25) is 0 Å². The van der Waals surface area contributed by atoms with Gasteiger partial charge in [-0.3, -0.25) is 9.59 Å². The quantitative estimate of drug-likeness (QED) is 0.765. The molecule has 0 spiro atoms. The van der Waals surface area contributed by atoms with Gasteiger partial charge in [-0.1, -0.05) is 36.4 Å². The lowest BCUT2D eigenvalue weighted by atomic mass is 10.2. The van der Waals surface area contributed by atoms with Crippen LogP contribution in [0.15, 0.2) is 53.3 Å². The molecule has 0 aliphatic carbocycles. The number of benzene rings is 2.